The van der Waals surface area contributed by atoms with E-state index in [1.165, 1.54) is 24.1 Å². The van der Waals surface area contributed by atoms with E-state index in [9.17, 15) is 21.6 Å². The number of ether oxygens (including phenoxy) is 1. The molecule has 0 atom stereocenters. The lowest BCUT2D eigenvalue weighted by molar-refractivity contribution is -0.133. The first-order chi connectivity index (χ1) is 14.0. The number of rotatable bonds is 7. The zero-order valence-corrected chi connectivity index (χ0v) is 18.6. The number of nitrogens with zero attached hydrogens (tertiary/aromatic N) is 1. The maximum Gasteiger partial charge on any atom is 0.241 e. The van der Waals surface area contributed by atoms with Gasteiger partial charge in [0.25, 0.3) is 0 Å². The minimum Gasteiger partial charge on any atom is -0.497 e. The smallest absolute Gasteiger partial charge is 0.241 e. The molecule has 8 nitrogen and oxygen atoms in total. The van der Waals surface area contributed by atoms with Gasteiger partial charge in [-0.1, -0.05) is 12.1 Å². The summed E-state index contributed by atoms with van der Waals surface area (Å²) in [5.74, 6) is 0.0838. The number of amides is 1. The third-order valence-electron chi connectivity index (χ3n) is 5.07. The van der Waals surface area contributed by atoms with Gasteiger partial charge in [-0.25, -0.2) is 21.6 Å². The van der Waals surface area contributed by atoms with E-state index in [1.807, 2.05) is 6.07 Å². The zero-order valence-electron chi connectivity index (χ0n) is 17.0. The number of hydrogen-bond donors (Lipinski definition) is 1. The molecule has 2 aromatic rings. The molecule has 1 N–H and O–H groups in total. The van der Waals surface area contributed by atoms with E-state index >= 15 is 0 Å². The molecule has 1 saturated heterocycles. The summed E-state index contributed by atoms with van der Waals surface area (Å²) in [5, 5.41) is -0.717. The van der Waals surface area contributed by atoms with E-state index in [0.717, 1.165) is 5.56 Å². The zero-order chi connectivity index (χ0) is 22.1. The summed E-state index contributed by atoms with van der Waals surface area (Å²) in [7, 11) is -5.93. The van der Waals surface area contributed by atoms with Crippen LogP contribution in [0, 0.1) is 13.8 Å². The molecule has 162 valence electrons. The Morgan fingerprint density at radius 1 is 1.07 bits per heavy atom. The SMILES string of the molecule is COc1ccc(S(=O)(=O)C2CN(C(=O)CNS(=O)(=O)c3cc(C)ccc3C)C2)cc1. The molecule has 1 fully saturated rings. The van der Waals surface area contributed by atoms with Gasteiger partial charge in [0, 0.05) is 13.1 Å². The molecular weight excluding hydrogens is 428 g/mol. The number of sulfonamides is 1. The summed E-state index contributed by atoms with van der Waals surface area (Å²) in [5.41, 5.74) is 1.37. The molecule has 0 aliphatic carbocycles. The van der Waals surface area contributed by atoms with Crippen LogP contribution >= 0.6 is 0 Å². The topological polar surface area (TPSA) is 110 Å². The number of aryl methyl sites for hydroxylation is 2. The van der Waals surface area contributed by atoms with E-state index < -0.39 is 37.6 Å². The van der Waals surface area contributed by atoms with Crippen LogP contribution in [0.2, 0.25) is 0 Å². The van der Waals surface area contributed by atoms with Crippen molar-refractivity contribution in [1.82, 2.24) is 9.62 Å². The Morgan fingerprint density at radius 2 is 1.70 bits per heavy atom. The van der Waals surface area contributed by atoms with E-state index in [4.69, 9.17) is 4.74 Å². The Kier molecular flexibility index (Phi) is 6.21. The molecule has 1 aliphatic heterocycles. The van der Waals surface area contributed by atoms with Crippen LogP contribution in [0.3, 0.4) is 0 Å². The second-order valence-electron chi connectivity index (χ2n) is 7.23. The Morgan fingerprint density at radius 3 is 2.30 bits per heavy atom. The fourth-order valence-electron chi connectivity index (χ4n) is 3.14. The Bertz CT molecular complexity index is 1150. The van der Waals surface area contributed by atoms with Crippen molar-refractivity contribution in [2.45, 2.75) is 28.9 Å². The summed E-state index contributed by atoms with van der Waals surface area (Å²) in [6.45, 7) is 3.09. The third-order valence-corrected chi connectivity index (χ3v) is 8.72. The second kappa shape index (κ2) is 8.37. The van der Waals surface area contributed by atoms with Gasteiger partial charge in [0.05, 0.1) is 23.4 Å². The van der Waals surface area contributed by atoms with Gasteiger partial charge < -0.3 is 9.64 Å². The number of methoxy groups -OCH3 is 1. The lowest BCUT2D eigenvalue weighted by atomic mass is 10.2. The minimum absolute atomic E-state index is 0.0262. The quantitative estimate of drug-likeness (QED) is 0.678. The molecule has 0 aromatic heterocycles. The van der Waals surface area contributed by atoms with Crippen LogP contribution in [-0.2, 0) is 24.7 Å². The van der Waals surface area contributed by atoms with Crippen LogP contribution in [0.15, 0.2) is 52.3 Å². The molecule has 0 bridgehead atoms. The number of nitrogens with one attached hydrogen (secondary N) is 1. The molecule has 0 unspecified atom stereocenters. The monoisotopic (exact) mass is 452 g/mol. The summed E-state index contributed by atoms with van der Waals surface area (Å²) in [6, 6.07) is 11.1. The molecule has 2 aromatic carbocycles. The number of carbonyl (C=O) groups excluding carboxylic acids is 1. The number of sulfone groups is 1. The molecule has 1 heterocycles. The fraction of sp³-hybridized carbons (Fsp3) is 0.350. The van der Waals surface area contributed by atoms with Gasteiger partial charge in [0.1, 0.15) is 11.0 Å². The first-order valence-electron chi connectivity index (χ1n) is 9.27. The molecule has 0 saturated carbocycles. The van der Waals surface area contributed by atoms with Crippen molar-refractivity contribution >= 4 is 25.8 Å². The Hall–Kier alpha value is -2.43. The molecular formula is C20H24N2O6S2. The summed E-state index contributed by atoms with van der Waals surface area (Å²) < 4.78 is 57.7. The molecule has 0 radical (unpaired) electrons. The molecule has 3 rings (SSSR count). The Labute approximate surface area is 176 Å². The van der Waals surface area contributed by atoms with Crippen molar-refractivity contribution in [2.75, 3.05) is 26.7 Å². The molecule has 10 heteroatoms. The van der Waals surface area contributed by atoms with Crippen LogP contribution in [0.25, 0.3) is 0 Å². The van der Waals surface area contributed by atoms with Crippen molar-refractivity contribution in [3.63, 3.8) is 0 Å². The first kappa shape index (κ1) is 22.3. The highest BCUT2D eigenvalue weighted by molar-refractivity contribution is 7.92. The van der Waals surface area contributed by atoms with Crippen LogP contribution in [0.5, 0.6) is 5.75 Å². The average molecular weight is 453 g/mol. The minimum atomic E-state index is -3.85. The Balaban J connectivity index is 1.59. The largest absolute Gasteiger partial charge is 0.497 e. The maximum absolute atomic E-state index is 12.7. The highest BCUT2D eigenvalue weighted by Gasteiger charge is 2.40. The van der Waals surface area contributed by atoms with Crippen LogP contribution in [0.4, 0.5) is 0 Å². The molecule has 1 amide bonds. The van der Waals surface area contributed by atoms with E-state index in [2.05, 4.69) is 4.72 Å². The lowest BCUT2D eigenvalue weighted by Crippen LogP contribution is -2.58. The van der Waals surface area contributed by atoms with Crippen LogP contribution in [0.1, 0.15) is 11.1 Å². The summed E-state index contributed by atoms with van der Waals surface area (Å²) in [4.78, 5) is 14.0. The standard InChI is InChI=1S/C20H24N2O6S2/c1-14-4-5-15(2)19(10-14)30(26,27)21-11-20(23)22-12-18(13-22)29(24,25)17-8-6-16(28-3)7-9-17/h4-10,18,21H,11-13H2,1-3H3. The van der Waals surface area contributed by atoms with Gasteiger partial charge in [0.15, 0.2) is 9.84 Å². The number of benzene rings is 2. The number of carbonyl (C=O) groups is 1. The van der Waals surface area contributed by atoms with Crippen molar-refractivity contribution in [3.05, 3.63) is 53.6 Å². The van der Waals surface area contributed by atoms with Gasteiger partial charge in [-0.05, 0) is 55.3 Å². The fourth-order valence-corrected chi connectivity index (χ4v) is 6.09. The predicted octanol–water partition coefficient (Wildman–Crippen LogP) is 1.28. The highest BCUT2D eigenvalue weighted by atomic mass is 32.2. The molecule has 0 spiro atoms. The van der Waals surface area contributed by atoms with Crippen molar-refractivity contribution in [3.8, 4) is 5.75 Å². The number of likely N-dealkylation sites (tertiary alicyclic amines) is 1. The highest BCUT2D eigenvalue weighted by Crippen LogP contribution is 2.25. The van der Waals surface area contributed by atoms with E-state index in [0.29, 0.717) is 11.3 Å². The van der Waals surface area contributed by atoms with Gasteiger partial charge in [0.2, 0.25) is 15.9 Å². The van der Waals surface area contributed by atoms with Gasteiger partial charge in [-0.2, -0.15) is 0 Å². The van der Waals surface area contributed by atoms with E-state index in [-0.39, 0.29) is 22.9 Å². The molecule has 1 aliphatic rings. The van der Waals surface area contributed by atoms with Gasteiger partial charge in [-0.3, -0.25) is 4.79 Å². The summed E-state index contributed by atoms with van der Waals surface area (Å²) >= 11 is 0. The van der Waals surface area contributed by atoms with Crippen molar-refractivity contribution in [1.29, 1.82) is 0 Å². The normalized spacial score (nSPS) is 15.0. The van der Waals surface area contributed by atoms with Crippen molar-refractivity contribution in [2.24, 2.45) is 0 Å². The maximum atomic E-state index is 12.7. The predicted molar refractivity (Wildman–Crippen MR) is 112 cm³/mol. The van der Waals surface area contributed by atoms with Crippen LogP contribution in [-0.4, -0.2) is 59.6 Å². The summed E-state index contributed by atoms with van der Waals surface area (Å²) in [6.07, 6.45) is 0. The average Bonchev–Trinajstić information content (AvgIpc) is 2.67. The van der Waals surface area contributed by atoms with Crippen molar-refractivity contribution < 1.29 is 26.4 Å². The second-order valence-corrected chi connectivity index (χ2v) is 11.2. The van der Waals surface area contributed by atoms with E-state index in [1.54, 1.807) is 38.1 Å². The van der Waals surface area contributed by atoms with Gasteiger partial charge in [-0.15, -0.1) is 0 Å². The third kappa shape index (κ3) is 4.50. The number of hydrogen-bond acceptors (Lipinski definition) is 6. The lowest BCUT2D eigenvalue weighted by Gasteiger charge is -2.38. The van der Waals surface area contributed by atoms with Gasteiger partial charge >= 0.3 is 0 Å². The first-order valence-corrected chi connectivity index (χ1v) is 12.3. The van der Waals surface area contributed by atoms with Crippen LogP contribution < -0.4 is 9.46 Å². The molecule has 30 heavy (non-hydrogen) atoms.